The van der Waals surface area contributed by atoms with Crippen LogP contribution < -0.4 is 5.32 Å². The quantitative estimate of drug-likeness (QED) is 0.824. The van der Waals surface area contributed by atoms with E-state index in [1.165, 1.54) is 11.1 Å². The Bertz CT molecular complexity index is 368. The van der Waals surface area contributed by atoms with Crippen molar-refractivity contribution in [2.24, 2.45) is 0 Å². The highest BCUT2D eigenvalue weighted by atomic mass is 35.5. The third-order valence-corrected chi connectivity index (χ3v) is 4.61. The van der Waals surface area contributed by atoms with Crippen molar-refractivity contribution in [1.29, 1.82) is 0 Å². The van der Waals surface area contributed by atoms with Crippen molar-refractivity contribution in [2.75, 3.05) is 12.8 Å². The van der Waals surface area contributed by atoms with E-state index in [2.05, 4.69) is 11.4 Å². The first kappa shape index (κ1) is 11.6. The maximum atomic E-state index is 6.23. The minimum absolute atomic E-state index is 0.407. The standard InChI is InChI=1S/C11H13Cl2NS/c1-14-10-4-5-15-6-8-7(10)2-3-9(12)11(8)13/h2-3,10,14H,4-6H2,1H3. The van der Waals surface area contributed by atoms with Crippen molar-refractivity contribution in [1.82, 2.24) is 5.32 Å². The molecule has 1 nitrogen and oxygen atoms in total. The van der Waals surface area contributed by atoms with Gasteiger partial charge in [0.1, 0.15) is 0 Å². The second-order valence-electron chi connectivity index (χ2n) is 3.61. The SMILES string of the molecule is CNC1CCSCc2c1ccc(Cl)c2Cl. The van der Waals surface area contributed by atoms with Gasteiger partial charge in [0.05, 0.1) is 10.0 Å². The van der Waals surface area contributed by atoms with Crippen molar-refractivity contribution < 1.29 is 0 Å². The van der Waals surface area contributed by atoms with Gasteiger partial charge in [0, 0.05) is 11.8 Å². The highest BCUT2D eigenvalue weighted by molar-refractivity contribution is 7.98. The van der Waals surface area contributed by atoms with Crippen molar-refractivity contribution in [2.45, 2.75) is 18.2 Å². The Balaban J connectivity index is 2.49. The van der Waals surface area contributed by atoms with Crippen LogP contribution in [-0.4, -0.2) is 12.8 Å². The molecule has 15 heavy (non-hydrogen) atoms. The first-order chi connectivity index (χ1) is 7.24. The van der Waals surface area contributed by atoms with E-state index in [-0.39, 0.29) is 0 Å². The molecule has 1 heterocycles. The van der Waals surface area contributed by atoms with E-state index in [9.17, 15) is 0 Å². The van der Waals surface area contributed by atoms with Crippen LogP contribution in [0.25, 0.3) is 0 Å². The molecule has 1 unspecified atom stereocenters. The zero-order chi connectivity index (χ0) is 10.8. The first-order valence-corrected chi connectivity index (χ1v) is 6.87. The molecule has 4 heteroatoms. The largest absolute Gasteiger partial charge is 0.313 e. The van der Waals surface area contributed by atoms with Crippen LogP contribution in [0, 0.1) is 0 Å². The Labute approximate surface area is 105 Å². The van der Waals surface area contributed by atoms with Gasteiger partial charge in [-0.05, 0) is 36.4 Å². The summed E-state index contributed by atoms with van der Waals surface area (Å²) in [6, 6.07) is 4.39. The van der Waals surface area contributed by atoms with E-state index < -0.39 is 0 Å². The Kier molecular flexibility index (Phi) is 3.83. The average molecular weight is 262 g/mol. The third-order valence-electron chi connectivity index (χ3n) is 2.75. The Morgan fingerprint density at radius 3 is 2.93 bits per heavy atom. The number of rotatable bonds is 1. The van der Waals surface area contributed by atoms with Crippen LogP contribution in [0.3, 0.4) is 0 Å². The van der Waals surface area contributed by atoms with Gasteiger partial charge in [-0.15, -0.1) is 0 Å². The number of fused-ring (bicyclic) bond motifs is 1. The van der Waals surface area contributed by atoms with Crippen molar-refractivity contribution >= 4 is 35.0 Å². The summed E-state index contributed by atoms with van der Waals surface area (Å²) in [5, 5.41) is 4.72. The zero-order valence-corrected chi connectivity index (χ0v) is 10.8. The topological polar surface area (TPSA) is 12.0 Å². The minimum Gasteiger partial charge on any atom is -0.313 e. The molecule has 0 saturated carbocycles. The van der Waals surface area contributed by atoms with Crippen LogP contribution in [0.5, 0.6) is 0 Å². The van der Waals surface area contributed by atoms with Crippen LogP contribution in [0.4, 0.5) is 0 Å². The fraction of sp³-hybridized carbons (Fsp3) is 0.455. The van der Waals surface area contributed by atoms with Gasteiger partial charge in [0.15, 0.2) is 0 Å². The Morgan fingerprint density at radius 1 is 1.40 bits per heavy atom. The number of halogens is 2. The summed E-state index contributed by atoms with van der Waals surface area (Å²) >= 11 is 14.2. The predicted octanol–water partition coefficient (Wildman–Crippen LogP) is 3.89. The van der Waals surface area contributed by atoms with E-state index in [0.717, 1.165) is 22.9 Å². The maximum Gasteiger partial charge on any atom is 0.0636 e. The summed E-state index contributed by atoms with van der Waals surface area (Å²) in [6.07, 6.45) is 1.14. The highest BCUT2D eigenvalue weighted by Gasteiger charge is 2.20. The Hall–Kier alpha value is 0.110. The van der Waals surface area contributed by atoms with Gasteiger partial charge in [-0.1, -0.05) is 29.3 Å². The van der Waals surface area contributed by atoms with E-state index in [1.54, 1.807) is 0 Å². The van der Waals surface area contributed by atoms with E-state index >= 15 is 0 Å². The number of hydrogen-bond acceptors (Lipinski definition) is 2. The van der Waals surface area contributed by atoms with Gasteiger partial charge in [-0.25, -0.2) is 0 Å². The Morgan fingerprint density at radius 2 is 2.20 bits per heavy atom. The van der Waals surface area contributed by atoms with E-state index in [1.807, 2.05) is 24.9 Å². The minimum atomic E-state index is 0.407. The molecule has 1 atom stereocenters. The molecular weight excluding hydrogens is 249 g/mol. The molecule has 0 fully saturated rings. The van der Waals surface area contributed by atoms with Crippen LogP contribution in [0.15, 0.2) is 12.1 Å². The highest BCUT2D eigenvalue weighted by Crippen LogP contribution is 2.37. The van der Waals surface area contributed by atoms with Crippen molar-refractivity contribution in [3.05, 3.63) is 33.3 Å². The molecule has 1 N–H and O–H groups in total. The van der Waals surface area contributed by atoms with Crippen LogP contribution >= 0.6 is 35.0 Å². The van der Waals surface area contributed by atoms with E-state index in [0.29, 0.717) is 11.1 Å². The first-order valence-electron chi connectivity index (χ1n) is 4.96. The van der Waals surface area contributed by atoms with Gasteiger partial charge in [-0.3, -0.25) is 0 Å². The lowest BCUT2D eigenvalue weighted by molar-refractivity contribution is 0.581. The second-order valence-corrected chi connectivity index (χ2v) is 5.50. The molecule has 0 spiro atoms. The molecule has 1 aliphatic rings. The molecule has 0 radical (unpaired) electrons. The van der Waals surface area contributed by atoms with Gasteiger partial charge in [-0.2, -0.15) is 11.8 Å². The van der Waals surface area contributed by atoms with Gasteiger partial charge < -0.3 is 5.32 Å². The maximum absolute atomic E-state index is 6.23. The molecule has 1 aromatic rings. The number of benzene rings is 1. The lowest BCUT2D eigenvalue weighted by atomic mass is 9.99. The van der Waals surface area contributed by atoms with Gasteiger partial charge in [0.2, 0.25) is 0 Å². The summed E-state index contributed by atoms with van der Waals surface area (Å²) in [5.41, 5.74) is 2.50. The molecule has 2 rings (SSSR count). The van der Waals surface area contributed by atoms with Crippen LogP contribution in [0.1, 0.15) is 23.6 Å². The summed E-state index contributed by atoms with van der Waals surface area (Å²) in [6.45, 7) is 0. The second kappa shape index (κ2) is 4.96. The zero-order valence-electron chi connectivity index (χ0n) is 8.52. The van der Waals surface area contributed by atoms with Gasteiger partial charge in [0.25, 0.3) is 0 Å². The number of hydrogen-bond donors (Lipinski definition) is 1. The normalized spacial score (nSPS) is 20.9. The molecule has 82 valence electrons. The molecule has 0 amide bonds. The monoisotopic (exact) mass is 261 g/mol. The number of nitrogens with one attached hydrogen (secondary N) is 1. The molecule has 0 saturated heterocycles. The van der Waals surface area contributed by atoms with Crippen LogP contribution in [0.2, 0.25) is 10.0 Å². The molecule has 1 aliphatic heterocycles. The van der Waals surface area contributed by atoms with E-state index in [4.69, 9.17) is 23.2 Å². The lowest BCUT2D eigenvalue weighted by Crippen LogP contribution is -2.17. The predicted molar refractivity (Wildman–Crippen MR) is 69.0 cm³/mol. The summed E-state index contributed by atoms with van der Waals surface area (Å²) in [4.78, 5) is 0. The molecule has 0 aliphatic carbocycles. The molecular formula is C11H13Cl2NS. The fourth-order valence-electron chi connectivity index (χ4n) is 1.91. The summed E-state index contributed by atoms with van der Waals surface area (Å²) < 4.78 is 0. The smallest absolute Gasteiger partial charge is 0.0636 e. The molecule has 0 aromatic heterocycles. The van der Waals surface area contributed by atoms with Crippen molar-refractivity contribution in [3.63, 3.8) is 0 Å². The summed E-state index contributed by atoms with van der Waals surface area (Å²) in [7, 11) is 1.99. The lowest BCUT2D eigenvalue weighted by Gasteiger charge is -2.17. The van der Waals surface area contributed by atoms with Crippen molar-refractivity contribution in [3.8, 4) is 0 Å². The van der Waals surface area contributed by atoms with Crippen LogP contribution in [-0.2, 0) is 5.75 Å². The molecule has 1 aromatic carbocycles. The molecule has 0 bridgehead atoms. The third kappa shape index (κ3) is 2.28. The fourth-order valence-corrected chi connectivity index (χ4v) is 3.47. The van der Waals surface area contributed by atoms with Gasteiger partial charge >= 0.3 is 0 Å². The average Bonchev–Trinajstić information content (AvgIpc) is 2.45. The number of thioether (sulfide) groups is 1. The summed E-state index contributed by atoms with van der Waals surface area (Å²) in [5.74, 6) is 2.13.